The molecule has 0 bridgehead atoms. The van der Waals surface area contributed by atoms with Gasteiger partial charge < -0.3 is 10.1 Å². The van der Waals surface area contributed by atoms with E-state index in [0.717, 1.165) is 32.2 Å². The average Bonchev–Trinajstić information content (AvgIpc) is 3.26. The Bertz CT molecular complexity index is 231. The maximum absolute atomic E-state index is 5.78. The normalized spacial score (nSPS) is 18.4. The van der Waals surface area contributed by atoms with E-state index in [-0.39, 0.29) is 0 Å². The van der Waals surface area contributed by atoms with Crippen molar-refractivity contribution in [3.8, 4) is 0 Å². The van der Waals surface area contributed by atoms with E-state index in [4.69, 9.17) is 4.74 Å². The lowest BCUT2D eigenvalue weighted by Crippen LogP contribution is -2.49. The Morgan fingerprint density at radius 1 is 1.20 bits per heavy atom. The summed E-state index contributed by atoms with van der Waals surface area (Å²) in [7, 11) is 2.25. The third-order valence-corrected chi connectivity index (χ3v) is 4.34. The third-order valence-electron chi connectivity index (χ3n) is 4.34. The highest BCUT2D eigenvalue weighted by Crippen LogP contribution is 2.28. The molecule has 1 saturated carbocycles. The van der Waals surface area contributed by atoms with E-state index in [0.29, 0.717) is 12.1 Å². The minimum Gasteiger partial charge on any atom is -0.380 e. The van der Waals surface area contributed by atoms with Crippen LogP contribution in [0.1, 0.15) is 59.3 Å². The Balaban J connectivity index is 2.29. The van der Waals surface area contributed by atoms with E-state index in [1.54, 1.807) is 0 Å². The van der Waals surface area contributed by atoms with Crippen LogP contribution in [0.4, 0.5) is 0 Å². The summed E-state index contributed by atoms with van der Waals surface area (Å²) in [6, 6.07) is 1.25. The fourth-order valence-corrected chi connectivity index (χ4v) is 2.88. The highest BCUT2D eigenvalue weighted by atomic mass is 16.5. The first-order valence-corrected chi connectivity index (χ1v) is 8.74. The number of nitrogens with one attached hydrogen (secondary N) is 1. The number of rotatable bonds is 13. The highest BCUT2D eigenvalue weighted by molar-refractivity contribution is 4.82. The molecule has 20 heavy (non-hydrogen) atoms. The van der Waals surface area contributed by atoms with Crippen LogP contribution in [-0.4, -0.2) is 50.3 Å². The Morgan fingerprint density at radius 3 is 2.50 bits per heavy atom. The highest BCUT2D eigenvalue weighted by Gasteiger charge is 2.23. The van der Waals surface area contributed by atoms with Crippen LogP contribution in [0.2, 0.25) is 0 Å². The number of hydrogen-bond donors (Lipinski definition) is 1. The molecule has 2 atom stereocenters. The van der Waals surface area contributed by atoms with Crippen molar-refractivity contribution < 1.29 is 4.74 Å². The van der Waals surface area contributed by atoms with E-state index < -0.39 is 0 Å². The van der Waals surface area contributed by atoms with Crippen molar-refractivity contribution >= 4 is 0 Å². The zero-order chi connectivity index (χ0) is 14.8. The zero-order valence-corrected chi connectivity index (χ0v) is 14.2. The van der Waals surface area contributed by atoms with Crippen molar-refractivity contribution in [1.29, 1.82) is 0 Å². The molecule has 0 amide bonds. The summed E-state index contributed by atoms with van der Waals surface area (Å²) in [5.74, 6) is 0.876. The fraction of sp³-hybridized carbons (Fsp3) is 1.00. The van der Waals surface area contributed by atoms with Crippen LogP contribution in [0.25, 0.3) is 0 Å². The lowest BCUT2D eigenvalue weighted by Gasteiger charge is -2.34. The quantitative estimate of drug-likeness (QED) is 0.525. The molecule has 1 N–H and O–H groups in total. The summed E-state index contributed by atoms with van der Waals surface area (Å²) >= 11 is 0. The van der Waals surface area contributed by atoms with Gasteiger partial charge >= 0.3 is 0 Å². The van der Waals surface area contributed by atoms with Crippen LogP contribution in [0.15, 0.2) is 0 Å². The molecule has 0 heterocycles. The van der Waals surface area contributed by atoms with Gasteiger partial charge in [0.15, 0.2) is 0 Å². The minimum absolute atomic E-state index is 0.624. The van der Waals surface area contributed by atoms with Crippen LogP contribution < -0.4 is 5.32 Å². The molecule has 0 aromatic carbocycles. The molecule has 120 valence electrons. The number of likely N-dealkylation sites (N-methyl/N-ethyl adjacent to an activating group) is 1. The van der Waals surface area contributed by atoms with Gasteiger partial charge in [0, 0.05) is 25.2 Å². The molecule has 0 aromatic heterocycles. The maximum Gasteiger partial charge on any atom is 0.0593 e. The summed E-state index contributed by atoms with van der Waals surface area (Å²) in [5.41, 5.74) is 0. The molecule has 3 heteroatoms. The van der Waals surface area contributed by atoms with Gasteiger partial charge in [-0.1, -0.05) is 27.2 Å². The predicted octanol–water partition coefficient (Wildman–Crippen LogP) is 3.29. The molecule has 1 aliphatic carbocycles. The lowest BCUT2D eigenvalue weighted by molar-refractivity contribution is 0.0815. The van der Waals surface area contributed by atoms with E-state index in [2.05, 4.69) is 38.0 Å². The minimum atomic E-state index is 0.624. The van der Waals surface area contributed by atoms with Gasteiger partial charge in [0.25, 0.3) is 0 Å². The molecule has 1 rings (SSSR count). The second-order valence-electron chi connectivity index (χ2n) is 6.32. The lowest BCUT2D eigenvalue weighted by atomic mass is 9.99. The second-order valence-corrected chi connectivity index (χ2v) is 6.32. The molecule has 0 aromatic rings. The van der Waals surface area contributed by atoms with Crippen molar-refractivity contribution in [2.45, 2.75) is 71.4 Å². The van der Waals surface area contributed by atoms with Crippen LogP contribution in [-0.2, 0) is 4.74 Å². The first-order valence-electron chi connectivity index (χ1n) is 8.74. The molecule has 1 aliphatic rings. The number of ether oxygens (including phenoxy) is 1. The molecule has 0 saturated heterocycles. The summed E-state index contributed by atoms with van der Waals surface area (Å²) in [4.78, 5) is 2.50. The molecule has 2 unspecified atom stereocenters. The molecular weight excluding hydrogens is 248 g/mol. The average molecular weight is 284 g/mol. The van der Waals surface area contributed by atoms with Crippen molar-refractivity contribution in [2.24, 2.45) is 5.92 Å². The molecule has 1 fully saturated rings. The van der Waals surface area contributed by atoms with Gasteiger partial charge in [0.05, 0.1) is 6.61 Å². The van der Waals surface area contributed by atoms with Gasteiger partial charge in [0.1, 0.15) is 0 Å². The molecular formula is C17H36N2O. The van der Waals surface area contributed by atoms with Gasteiger partial charge in [-0.05, 0) is 51.6 Å². The molecule has 0 radical (unpaired) electrons. The fourth-order valence-electron chi connectivity index (χ4n) is 2.88. The van der Waals surface area contributed by atoms with Crippen molar-refractivity contribution in [1.82, 2.24) is 10.2 Å². The smallest absolute Gasteiger partial charge is 0.0593 e. The topological polar surface area (TPSA) is 24.5 Å². The Morgan fingerprint density at radius 2 is 1.95 bits per heavy atom. The van der Waals surface area contributed by atoms with Crippen LogP contribution in [0.3, 0.4) is 0 Å². The van der Waals surface area contributed by atoms with Crippen molar-refractivity contribution in [3.63, 3.8) is 0 Å². The molecule has 0 aliphatic heterocycles. The monoisotopic (exact) mass is 284 g/mol. The van der Waals surface area contributed by atoms with Gasteiger partial charge in [-0.25, -0.2) is 0 Å². The maximum atomic E-state index is 5.78. The first kappa shape index (κ1) is 17.9. The molecule has 0 spiro atoms. The van der Waals surface area contributed by atoms with Gasteiger partial charge in [-0.3, -0.25) is 4.90 Å². The van der Waals surface area contributed by atoms with Crippen LogP contribution >= 0.6 is 0 Å². The molecule has 3 nitrogen and oxygen atoms in total. The standard InChI is InChI=1S/C17H36N2O/c1-5-8-16(18-11-6-2)17(7-3)19(4)12-13-20-14-15-9-10-15/h15-18H,5-14H2,1-4H3. The summed E-state index contributed by atoms with van der Waals surface area (Å²) in [6.45, 7) is 10.9. The second kappa shape index (κ2) is 10.6. The SMILES string of the molecule is CCCNC(CCC)C(CC)N(C)CCOCC1CC1. The van der Waals surface area contributed by atoms with Crippen LogP contribution in [0, 0.1) is 5.92 Å². The van der Waals surface area contributed by atoms with Crippen molar-refractivity contribution in [2.75, 3.05) is 33.4 Å². The predicted molar refractivity (Wildman–Crippen MR) is 87.2 cm³/mol. The van der Waals surface area contributed by atoms with Gasteiger partial charge in [0.2, 0.25) is 0 Å². The summed E-state index contributed by atoms with van der Waals surface area (Å²) < 4.78 is 5.78. The Hall–Kier alpha value is -0.120. The van der Waals surface area contributed by atoms with E-state index >= 15 is 0 Å². The van der Waals surface area contributed by atoms with E-state index in [1.807, 2.05) is 0 Å². The van der Waals surface area contributed by atoms with Crippen LogP contribution in [0.5, 0.6) is 0 Å². The summed E-state index contributed by atoms with van der Waals surface area (Å²) in [5, 5.41) is 3.74. The Kier molecular flexibility index (Phi) is 9.49. The zero-order valence-electron chi connectivity index (χ0n) is 14.2. The largest absolute Gasteiger partial charge is 0.380 e. The van der Waals surface area contributed by atoms with Gasteiger partial charge in [-0.2, -0.15) is 0 Å². The summed E-state index contributed by atoms with van der Waals surface area (Å²) in [6.07, 6.45) is 7.71. The number of nitrogens with zero attached hydrogens (tertiary/aromatic N) is 1. The first-order chi connectivity index (χ1) is 9.72. The Labute approximate surface area is 126 Å². The van der Waals surface area contributed by atoms with E-state index in [1.165, 1.54) is 38.5 Å². The number of hydrogen-bond acceptors (Lipinski definition) is 3. The van der Waals surface area contributed by atoms with Gasteiger partial charge in [-0.15, -0.1) is 0 Å². The van der Waals surface area contributed by atoms with E-state index in [9.17, 15) is 0 Å². The van der Waals surface area contributed by atoms with Crippen molar-refractivity contribution in [3.05, 3.63) is 0 Å². The third kappa shape index (κ3) is 7.05.